The zero-order chi connectivity index (χ0) is 65.9. The van der Waals surface area contributed by atoms with Crippen molar-refractivity contribution < 1.29 is 64.6 Å². The first-order valence-corrected chi connectivity index (χ1v) is 37.0. The topological polar surface area (TPSA) is 228 Å². The summed E-state index contributed by atoms with van der Waals surface area (Å²) >= 11 is 0. The Kier molecular flexibility index (Phi) is 55.9. The molecule has 0 aliphatic carbocycles. The van der Waals surface area contributed by atoms with E-state index in [9.17, 15) is 45.6 Å². The van der Waals surface area contributed by atoms with Gasteiger partial charge < -0.3 is 65.1 Å². The van der Waals surface area contributed by atoms with Gasteiger partial charge in [0.25, 0.3) is 0 Å². The lowest BCUT2D eigenvalue weighted by atomic mass is 9.97. The molecule has 0 saturated carbocycles. The van der Waals surface area contributed by atoms with Crippen LogP contribution in [0.2, 0.25) is 0 Å². The molecule has 91 heavy (non-hydrogen) atoms. The summed E-state index contributed by atoms with van der Waals surface area (Å²) in [6.07, 6.45) is 69.0. The van der Waals surface area contributed by atoms with Crippen molar-refractivity contribution in [1.29, 1.82) is 0 Å². The predicted octanol–water partition coefficient (Wildman–Crippen LogP) is 15.7. The largest absolute Gasteiger partial charge is 0.394 e. The van der Waals surface area contributed by atoms with Gasteiger partial charge in [-0.2, -0.15) is 0 Å². The molecule has 2 fully saturated rings. The fraction of sp³-hybridized carbons (Fsp3) is 0.779. The van der Waals surface area contributed by atoms with Gasteiger partial charge in [-0.15, -0.1) is 0 Å². The van der Waals surface area contributed by atoms with Crippen LogP contribution < -0.4 is 5.32 Å². The number of unbranched alkanes of at least 4 members (excludes halogenated alkanes) is 33. The summed E-state index contributed by atoms with van der Waals surface area (Å²) in [7, 11) is 0. The average molecular weight is 1280 g/mol. The molecule has 2 saturated heterocycles. The number of aliphatic hydroxyl groups excluding tert-OH is 8. The molecule has 2 aliphatic rings. The number of aliphatic hydroxyl groups is 8. The van der Waals surface area contributed by atoms with Crippen molar-refractivity contribution in [2.24, 2.45) is 0 Å². The first-order valence-electron chi connectivity index (χ1n) is 37.0. The Labute approximate surface area is 553 Å². The maximum Gasteiger partial charge on any atom is 0.220 e. The molecule has 14 heteroatoms. The lowest BCUT2D eigenvalue weighted by Crippen LogP contribution is -2.65. The molecule has 0 spiro atoms. The first-order chi connectivity index (χ1) is 44.6. The van der Waals surface area contributed by atoms with E-state index in [1.165, 1.54) is 186 Å². The van der Waals surface area contributed by atoms with Crippen LogP contribution in [-0.2, 0) is 23.7 Å². The summed E-state index contributed by atoms with van der Waals surface area (Å²) in [5, 5.41) is 87.5. The molecule has 1 amide bonds. The van der Waals surface area contributed by atoms with Crippen LogP contribution in [0.1, 0.15) is 290 Å². The number of hydrogen-bond donors (Lipinski definition) is 9. The molecule has 0 aromatic heterocycles. The molecule has 0 aromatic carbocycles. The number of carbonyl (C=O) groups excluding carboxylic acids is 1. The highest BCUT2D eigenvalue weighted by Crippen LogP contribution is 2.30. The Balaban J connectivity index is 1.62. The second kappa shape index (κ2) is 60.6. The lowest BCUT2D eigenvalue weighted by Gasteiger charge is -2.46. The van der Waals surface area contributed by atoms with Crippen molar-refractivity contribution in [1.82, 2.24) is 5.32 Å². The quantitative estimate of drug-likeness (QED) is 0.0204. The molecule has 526 valence electrons. The predicted molar refractivity (Wildman–Crippen MR) is 373 cm³/mol. The van der Waals surface area contributed by atoms with Crippen LogP contribution in [0, 0.1) is 0 Å². The SMILES string of the molecule is CC/C=C\C/C=C\C/C=C\C/C=C\C/C=C\C/C=C\CCCCCCCCCCCCCCCCCCCCC(=O)NC(COC1OC(CO)C(OC2OC(CO)C(O)C(O)C2O)C(O)C1O)C(O)/C=C/CC/C=C/CCCCCCCCCCCCCCCC. The fourth-order valence-corrected chi connectivity index (χ4v) is 11.7. The molecule has 9 N–H and O–H groups in total. The highest BCUT2D eigenvalue weighted by atomic mass is 16.7. The molecule has 0 radical (unpaired) electrons. The zero-order valence-corrected chi connectivity index (χ0v) is 57.3. The molecular weight excluding hydrogens is 1150 g/mol. The van der Waals surface area contributed by atoms with Crippen molar-refractivity contribution in [3.05, 3.63) is 97.2 Å². The summed E-state index contributed by atoms with van der Waals surface area (Å²) in [5.74, 6) is -0.248. The monoisotopic (exact) mass is 1280 g/mol. The molecule has 12 atom stereocenters. The van der Waals surface area contributed by atoms with Gasteiger partial charge in [0.15, 0.2) is 12.6 Å². The number of allylic oxidation sites excluding steroid dienone is 15. The molecule has 0 bridgehead atoms. The van der Waals surface area contributed by atoms with E-state index in [2.05, 4.69) is 104 Å². The minimum absolute atomic E-state index is 0.248. The Morgan fingerprint density at radius 1 is 0.407 bits per heavy atom. The third-order valence-electron chi connectivity index (χ3n) is 17.5. The van der Waals surface area contributed by atoms with Gasteiger partial charge in [-0.25, -0.2) is 0 Å². The molecule has 2 heterocycles. The van der Waals surface area contributed by atoms with Crippen LogP contribution in [0.15, 0.2) is 97.2 Å². The number of rotatable bonds is 60. The highest BCUT2D eigenvalue weighted by molar-refractivity contribution is 5.76. The van der Waals surface area contributed by atoms with Crippen LogP contribution in [0.4, 0.5) is 0 Å². The van der Waals surface area contributed by atoms with Crippen LogP contribution in [-0.4, -0.2) is 140 Å². The van der Waals surface area contributed by atoms with Crippen LogP contribution in [0.3, 0.4) is 0 Å². The van der Waals surface area contributed by atoms with Crippen molar-refractivity contribution in [2.75, 3.05) is 19.8 Å². The molecular formula is C77H135NO13. The maximum absolute atomic E-state index is 13.3. The normalized spacial score (nSPS) is 23.4. The summed E-state index contributed by atoms with van der Waals surface area (Å²) in [6.45, 7) is 2.69. The zero-order valence-electron chi connectivity index (χ0n) is 57.3. The maximum atomic E-state index is 13.3. The van der Waals surface area contributed by atoms with Crippen molar-refractivity contribution in [3.8, 4) is 0 Å². The van der Waals surface area contributed by atoms with Crippen molar-refractivity contribution >= 4 is 5.91 Å². The lowest BCUT2D eigenvalue weighted by molar-refractivity contribution is -0.359. The highest BCUT2D eigenvalue weighted by Gasteiger charge is 2.51. The number of hydrogen-bond acceptors (Lipinski definition) is 13. The molecule has 12 unspecified atom stereocenters. The second-order valence-electron chi connectivity index (χ2n) is 25.7. The fourth-order valence-electron chi connectivity index (χ4n) is 11.7. The molecule has 14 nitrogen and oxygen atoms in total. The van der Waals surface area contributed by atoms with E-state index in [1.54, 1.807) is 6.08 Å². The average Bonchev–Trinajstić information content (AvgIpc) is 1.04. The van der Waals surface area contributed by atoms with Gasteiger partial charge in [-0.3, -0.25) is 4.79 Å². The van der Waals surface area contributed by atoms with Gasteiger partial charge in [0, 0.05) is 6.42 Å². The van der Waals surface area contributed by atoms with Crippen molar-refractivity contribution in [3.63, 3.8) is 0 Å². The van der Waals surface area contributed by atoms with Crippen LogP contribution >= 0.6 is 0 Å². The molecule has 2 aliphatic heterocycles. The third kappa shape index (κ3) is 44.3. The summed E-state index contributed by atoms with van der Waals surface area (Å²) < 4.78 is 22.9. The number of amides is 1. The summed E-state index contributed by atoms with van der Waals surface area (Å²) in [5.41, 5.74) is 0. The van der Waals surface area contributed by atoms with E-state index >= 15 is 0 Å². The Morgan fingerprint density at radius 2 is 0.769 bits per heavy atom. The smallest absolute Gasteiger partial charge is 0.220 e. The number of carbonyl (C=O) groups is 1. The Morgan fingerprint density at radius 3 is 1.21 bits per heavy atom. The van der Waals surface area contributed by atoms with Gasteiger partial charge in [-0.05, 0) is 83.5 Å². The third-order valence-corrected chi connectivity index (χ3v) is 17.5. The molecule has 0 aromatic rings. The summed E-state index contributed by atoms with van der Waals surface area (Å²) in [6, 6.07) is -0.936. The van der Waals surface area contributed by atoms with E-state index in [0.29, 0.717) is 12.8 Å². The van der Waals surface area contributed by atoms with E-state index in [4.69, 9.17) is 18.9 Å². The van der Waals surface area contributed by atoms with E-state index < -0.39 is 86.8 Å². The van der Waals surface area contributed by atoms with Gasteiger partial charge in [-0.1, -0.05) is 297 Å². The van der Waals surface area contributed by atoms with E-state index in [1.807, 2.05) is 6.08 Å². The number of nitrogens with one attached hydrogen (secondary N) is 1. The first kappa shape index (κ1) is 84.0. The Bertz CT molecular complexity index is 1900. The molecule has 2 rings (SSSR count). The van der Waals surface area contributed by atoms with Gasteiger partial charge in [0.2, 0.25) is 5.91 Å². The minimum atomic E-state index is -1.79. The second-order valence-corrected chi connectivity index (χ2v) is 25.7. The standard InChI is InChI=1S/C77H135NO13/c1-3-5-7-9-11-13-15-17-19-21-23-25-26-27-28-29-30-31-32-33-34-35-36-37-38-39-40-41-43-45-47-49-51-53-55-57-59-61-69(82)78-65(66(81)60-58-56-54-52-50-48-46-44-42-24-22-20-18-16-14-12-10-8-6-4-2)64-88-76-74(87)72(85)75(68(63-80)90-76)91-77-73(86)71(84)70(83)67(62-79)89-77/h5,7,11,13,17,19,23,25,27-28,30-31,50,52,58,60,65-68,70-77,79-81,83-87H,3-4,6,8-10,12,14-16,18,20-22,24,26,29,32-49,51,53-57,59,61-64H2,1-2H3,(H,78,82)/b7-5-,13-11-,19-17-,25-23-,28-27-,31-30-,52-50+,60-58+. The Hall–Kier alpha value is -3.09. The van der Waals surface area contributed by atoms with Crippen LogP contribution in [0.5, 0.6) is 0 Å². The van der Waals surface area contributed by atoms with E-state index in [0.717, 1.165) is 70.6 Å². The van der Waals surface area contributed by atoms with Gasteiger partial charge in [0.1, 0.15) is 48.8 Å². The minimum Gasteiger partial charge on any atom is -0.394 e. The van der Waals surface area contributed by atoms with Crippen LogP contribution in [0.25, 0.3) is 0 Å². The van der Waals surface area contributed by atoms with Gasteiger partial charge >= 0.3 is 0 Å². The van der Waals surface area contributed by atoms with E-state index in [-0.39, 0.29) is 18.9 Å². The van der Waals surface area contributed by atoms with Crippen molar-refractivity contribution in [2.45, 2.75) is 364 Å². The number of ether oxygens (including phenoxy) is 4. The summed E-state index contributed by atoms with van der Waals surface area (Å²) in [4.78, 5) is 13.3. The van der Waals surface area contributed by atoms with Gasteiger partial charge in [0.05, 0.1) is 32.0 Å².